The summed E-state index contributed by atoms with van der Waals surface area (Å²) in [4.78, 5) is 0. The van der Waals surface area contributed by atoms with E-state index < -0.39 is 0 Å². The van der Waals surface area contributed by atoms with E-state index in [1.54, 1.807) is 7.11 Å². The zero-order valence-corrected chi connectivity index (χ0v) is 12.6. The van der Waals surface area contributed by atoms with Gasteiger partial charge in [0.25, 0.3) is 0 Å². The van der Waals surface area contributed by atoms with Gasteiger partial charge in [0, 0.05) is 23.2 Å². The van der Waals surface area contributed by atoms with Crippen LogP contribution >= 0.6 is 15.9 Å². The van der Waals surface area contributed by atoms with Gasteiger partial charge in [0.1, 0.15) is 11.9 Å². The lowest BCUT2D eigenvalue weighted by molar-refractivity contribution is -0.0853. The minimum absolute atomic E-state index is 0.0602. The van der Waals surface area contributed by atoms with Crippen LogP contribution < -0.4 is 4.74 Å². The van der Waals surface area contributed by atoms with Crippen LogP contribution in [0.1, 0.15) is 24.5 Å². The summed E-state index contributed by atoms with van der Waals surface area (Å²) < 4.78 is 17.6. The Hall–Kier alpha value is -0.620. The van der Waals surface area contributed by atoms with Crippen molar-refractivity contribution >= 4 is 15.9 Å². The van der Waals surface area contributed by atoms with Crippen LogP contribution in [-0.2, 0) is 9.47 Å². The highest BCUT2D eigenvalue weighted by Gasteiger charge is 2.22. The molecule has 2 rings (SSSR count). The normalized spacial score (nSPS) is 18.3. The molecule has 0 amide bonds. The maximum Gasteiger partial charge on any atom is 0.125 e. The van der Waals surface area contributed by atoms with E-state index in [4.69, 9.17) is 14.2 Å². The highest BCUT2D eigenvalue weighted by molar-refractivity contribution is 9.10. The first-order valence-corrected chi connectivity index (χ1v) is 7.21. The molecule has 1 aliphatic heterocycles. The zero-order valence-electron chi connectivity index (χ0n) is 11.0. The lowest BCUT2D eigenvalue weighted by Gasteiger charge is -2.27. The largest absolute Gasteiger partial charge is 0.496 e. The van der Waals surface area contributed by atoms with Crippen molar-refractivity contribution in [3.63, 3.8) is 0 Å². The second kappa shape index (κ2) is 7.24. The van der Waals surface area contributed by atoms with Gasteiger partial charge in [-0.3, -0.25) is 0 Å². The van der Waals surface area contributed by atoms with Crippen molar-refractivity contribution in [2.45, 2.75) is 25.0 Å². The second-order valence-corrected chi connectivity index (χ2v) is 5.42. The van der Waals surface area contributed by atoms with Crippen molar-refractivity contribution in [1.82, 2.24) is 0 Å². The molecule has 106 valence electrons. The lowest BCUT2D eigenvalue weighted by atomic mass is 10.1. The van der Waals surface area contributed by atoms with E-state index in [-0.39, 0.29) is 18.8 Å². The van der Waals surface area contributed by atoms with Gasteiger partial charge in [0.05, 0.1) is 19.8 Å². The summed E-state index contributed by atoms with van der Waals surface area (Å²) >= 11 is 3.41. The quantitative estimate of drug-likeness (QED) is 0.901. The van der Waals surface area contributed by atoms with E-state index in [9.17, 15) is 5.11 Å². The van der Waals surface area contributed by atoms with Crippen LogP contribution in [0.15, 0.2) is 22.7 Å². The van der Waals surface area contributed by atoms with Crippen molar-refractivity contribution in [3.05, 3.63) is 28.2 Å². The fraction of sp³-hybridized carbons (Fsp3) is 0.571. The fourth-order valence-corrected chi connectivity index (χ4v) is 2.55. The van der Waals surface area contributed by atoms with Crippen LogP contribution in [0.3, 0.4) is 0 Å². The first-order valence-electron chi connectivity index (χ1n) is 6.42. The third kappa shape index (κ3) is 3.92. The van der Waals surface area contributed by atoms with E-state index in [1.165, 1.54) is 0 Å². The molecule has 0 aromatic heterocycles. The summed E-state index contributed by atoms with van der Waals surface area (Å²) in [6, 6.07) is 5.72. The molecule has 19 heavy (non-hydrogen) atoms. The van der Waals surface area contributed by atoms with Crippen LogP contribution in [0.5, 0.6) is 5.75 Å². The van der Waals surface area contributed by atoms with E-state index in [0.29, 0.717) is 0 Å². The summed E-state index contributed by atoms with van der Waals surface area (Å²) in [5.41, 5.74) is 0.875. The molecule has 1 atom stereocenters. The van der Waals surface area contributed by atoms with Gasteiger partial charge in [-0.15, -0.1) is 0 Å². The molecular weight excluding hydrogens is 312 g/mol. The molecule has 0 radical (unpaired) electrons. The van der Waals surface area contributed by atoms with Crippen molar-refractivity contribution in [2.24, 2.45) is 0 Å². The number of benzene rings is 1. The second-order valence-electron chi connectivity index (χ2n) is 4.51. The Kier molecular flexibility index (Phi) is 5.63. The predicted molar refractivity (Wildman–Crippen MR) is 75.4 cm³/mol. The van der Waals surface area contributed by atoms with E-state index in [1.807, 2.05) is 18.2 Å². The monoisotopic (exact) mass is 330 g/mol. The maximum absolute atomic E-state index is 9.58. The average Bonchev–Trinajstić information content (AvgIpc) is 2.46. The minimum atomic E-state index is -0.355. The Morgan fingerprint density at radius 3 is 2.79 bits per heavy atom. The van der Waals surface area contributed by atoms with Gasteiger partial charge in [-0.1, -0.05) is 22.0 Å². The lowest BCUT2D eigenvalue weighted by Crippen LogP contribution is -2.26. The summed E-state index contributed by atoms with van der Waals surface area (Å²) in [5, 5.41) is 9.58. The van der Waals surface area contributed by atoms with Gasteiger partial charge in [-0.2, -0.15) is 0 Å². The topological polar surface area (TPSA) is 47.9 Å². The Balaban J connectivity index is 2.11. The summed E-state index contributed by atoms with van der Waals surface area (Å²) in [7, 11) is 1.62. The number of hydrogen-bond donors (Lipinski definition) is 1. The Labute approximate surface area is 121 Å². The van der Waals surface area contributed by atoms with Crippen LogP contribution in [0.4, 0.5) is 0 Å². The molecule has 1 heterocycles. The molecule has 1 N–H and O–H groups in total. The molecule has 0 unspecified atom stereocenters. The van der Waals surface area contributed by atoms with Gasteiger partial charge in [-0.25, -0.2) is 0 Å². The molecule has 1 aromatic rings. The first-order chi connectivity index (χ1) is 9.24. The number of aliphatic hydroxyl groups is 1. The fourth-order valence-electron chi connectivity index (χ4n) is 2.21. The molecule has 0 bridgehead atoms. The first kappa shape index (κ1) is 14.8. The molecule has 4 nitrogen and oxygen atoms in total. The third-order valence-electron chi connectivity index (χ3n) is 3.23. The van der Waals surface area contributed by atoms with Gasteiger partial charge in [-0.05, 0) is 25.0 Å². The van der Waals surface area contributed by atoms with E-state index in [2.05, 4.69) is 15.9 Å². The van der Waals surface area contributed by atoms with Crippen molar-refractivity contribution in [1.29, 1.82) is 0 Å². The van der Waals surface area contributed by atoms with Crippen molar-refractivity contribution < 1.29 is 19.3 Å². The minimum Gasteiger partial charge on any atom is -0.496 e. The number of halogens is 1. The molecule has 1 aliphatic rings. The number of rotatable bonds is 5. The molecule has 1 aromatic carbocycles. The molecular formula is C14H19BrO4. The highest BCUT2D eigenvalue weighted by Crippen LogP contribution is 2.32. The summed E-state index contributed by atoms with van der Waals surface area (Å²) in [5.74, 6) is 0.723. The maximum atomic E-state index is 9.58. The molecule has 0 saturated carbocycles. The van der Waals surface area contributed by atoms with Gasteiger partial charge in [0.15, 0.2) is 0 Å². The Morgan fingerprint density at radius 1 is 1.42 bits per heavy atom. The van der Waals surface area contributed by atoms with Crippen molar-refractivity contribution in [3.8, 4) is 5.75 Å². The molecule has 1 fully saturated rings. The van der Waals surface area contributed by atoms with Crippen LogP contribution in [0.2, 0.25) is 0 Å². The van der Waals surface area contributed by atoms with Gasteiger partial charge >= 0.3 is 0 Å². The average molecular weight is 331 g/mol. The number of ether oxygens (including phenoxy) is 3. The number of aliphatic hydroxyl groups excluding tert-OH is 1. The number of methoxy groups -OCH3 is 1. The van der Waals surface area contributed by atoms with Crippen LogP contribution in [-0.4, -0.2) is 38.1 Å². The zero-order chi connectivity index (χ0) is 13.7. The van der Waals surface area contributed by atoms with Gasteiger partial charge in [0.2, 0.25) is 0 Å². The van der Waals surface area contributed by atoms with Gasteiger partial charge < -0.3 is 19.3 Å². The SMILES string of the molecule is COc1cc(Br)ccc1[C@H](CO)OC1CCOCC1. The van der Waals surface area contributed by atoms with Crippen molar-refractivity contribution in [2.75, 3.05) is 26.9 Å². The molecule has 0 spiro atoms. The van der Waals surface area contributed by atoms with E-state index >= 15 is 0 Å². The van der Waals surface area contributed by atoms with Crippen LogP contribution in [0.25, 0.3) is 0 Å². The standard InChI is InChI=1S/C14H19BrO4/c1-17-13-8-10(15)2-3-12(13)14(9-16)19-11-4-6-18-7-5-11/h2-3,8,11,14,16H,4-7,9H2,1H3/t14-/m0/s1. The molecule has 0 aliphatic carbocycles. The van der Waals surface area contributed by atoms with Crippen LogP contribution in [0, 0.1) is 0 Å². The molecule has 1 saturated heterocycles. The Bertz CT molecular complexity index is 404. The third-order valence-corrected chi connectivity index (χ3v) is 3.73. The summed E-state index contributed by atoms with van der Waals surface area (Å²) in [6.45, 7) is 1.38. The summed E-state index contributed by atoms with van der Waals surface area (Å²) in [6.07, 6.45) is 1.52. The number of hydrogen-bond acceptors (Lipinski definition) is 4. The Morgan fingerprint density at radius 2 is 2.16 bits per heavy atom. The smallest absolute Gasteiger partial charge is 0.125 e. The van der Waals surface area contributed by atoms with E-state index in [0.717, 1.165) is 41.8 Å². The predicted octanol–water partition coefficient (Wildman–Crippen LogP) is 2.69. The highest BCUT2D eigenvalue weighted by atomic mass is 79.9. The molecule has 5 heteroatoms.